The molecule has 1 aliphatic rings. The normalized spacial score (nSPS) is 14.0. The second kappa shape index (κ2) is 7.02. The Kier molecular flexibility index (Phi) is 5.09. The fraction of sp³-hybridized carbons (Fsp3) is 0.438. The third kappa shape index (κ3) is 3.90. The van der Waals surface area contributed by atoms with Gasteiger partial charge in [-0.1, -0.05) is 6.08 Å². The average Bonchev–Trinajstić information content (AvgIpc) is 3.35. The van der Waals surface area contributed by atoms with Crippen LogP contribution in [0.15, 0.2) is 18.2 Å². The van der Waals surface area contributed by atoms with Crippen LogP contribution in [0.1, 0.15) is 18.4 Å². The quantitative estimate of drug-likeness (QED) is 0.723. The molecule has 1 saturated carbocycles. The van der Waals surface area contributed by atoms with Gasteiger partial charge in [-0.15, -0.1) is 0 Å². The van der Waals surface area contributed by atoms with Crippen molar-refractivity contribution < 1.29 is 23.7 Å². The average molecular weight is 292 g/mol. The van der Waals surface area contributed by atoms with Crippen molar-refractivity contribution >= 4 is 12.0 Å². The summed E-state index contributed by atoms with van der Waals surface area (Å²) in [4.78, 5) is 11.4. The monoisotopic (exact) mass is 292 g/mol. The van der Waals surface area contributed by atoms with E-state index in [4.69, 9.17) is 18.9 Å². The zero-order valence-corrected chi connectivity index (χ0v) is 12.5. The van der Waals surface area contributed by atoms with Crippen LogP contribution >= 0.6 is 0 Å². The van der Waals surface area contributed by atoms with E-state index in [0.29, 0.717) is 17.2 Å². The summed E-state index contributed by atoms with van der Waals surface area (Å²) in [5.74, 6) is 1.89. The van der Waals surface area contributed by atoms with Crippen molar-refractivity contribution in [2.24, 2.45) is 5.92 Å². The molecule has 0 unspecified atom stereocenters. The Morgan fingerprint density at radius 1 is 1.10 bits per heavy atom. The summed E-state index contributed by atoms with van der Waals surface area (Å²) in [6, 6.07) is 3.57. The van der Waals surface area contributed by atoms with E-state index in [1.807, 2.05) is 12.1 Å². The molecule has 1 aliphatic carbocycles. The Labute approximate surface area is 124 Å². The molecule has 0 radical (unpaired) electrons. The van der Waals surface area contributed by atoms with Gasteiger partial charge in [0.05, 0.1) is 27.2 Å². The van der Waals surface area contributed by atoms with Crippen LogP contribution in [0.4, 0.5) is 0 Å². The molecule has 2 rings (SSSR count). The zero-order valence-electron chi connectivity index (χ0n) is 12.5. The van der Waals surface area contributed by atoms with Gasteiger partial charge in [-0.2, -0.15) is 0 Å². The molecule has 1 fully saturated rings. The number of esters is 1. The summed E-state index contributed by atoms with van der Waals surface area (Å²) in [6.45, 7) is 0.257. The number of ether oxygens (including phenoxy) is 4. The Morgan fingerprint density at radius 3 is 2.29 bits per heavy atom. The predicted octanol–water partition coefficient (Wildman–Crippen LogP) is 2.68. The molecule has 21 heavy (non-hydrogen) atoms. The van der Waals surface area contributed by atoms with Crippen molar-refractivity contribution in [1.29, 1.82) is 0 Å². The number of hydrogen-bond donors (Lipinski definition) is 0. The van der Waals surface area contributed by atoms with Crippen LogP contribution in [-0.2, 0) is 9.53 Å². The van der Waals surface area contributed by atoms with E-state index in [9.17, 15) is 4.79 Å². The molecule has 0 saturated heterocycles. The topological polar surface area (TPSA) is 54.0 Å². The molecule has 0 bridgehead atoms. The largest absolute Gasteiger partial charge is 0.496 e. The molecular formula is C16H20O5. The van der Waals surface area contributed by atoms with Crippen molar-refractivity contribution in [2.45, 2.75) is 12.8 Å². The first-order valence-electron chi connectivity index (χ1n) is 6.82. The molecule has 0 spiro atoms. The maximum Gasteiger partial charge on any atom is 0.309 e. The Morgan fingerprint density at radius 2 is 1.71 bits per heavy atom. The summed E-state index contributed by atoms with van der Waals surface area (Å²) in [5.41, 5.74) is 0.831. The lowest BCUT2D eigenvalue weighted by Gasteiger charge is -2.12. The fourth-order valence-electron chi connectivity index (χ4n) is 1.93. The molecular weight excluding hydrogens is 272 g/mol. The van der Waals surface area contributed by atoms with Gasteiger partial charge in [0.2, 0.25) is 0 Å². The minimum absolute atomic E-state index is 0.112. The summed E-state index contributed by atoms with van der Waals surface area (Å²) < 4.78 is 20.9. The number of benzene rings is 1. The SMILES string of the molecule is COc1cc(OC)c(OC)cc1C=CCOC(=O)C1CC1. The van der Waals surface area contributed by atoms with E-state index in [2.05, 4.69) is 0 Å². The molecule has 0 amide bonds. The number of rotatable bonds is 7. The van der Waals surface area contributed by atoms with Gasteiger partial charge in [-0.05, 0) is 25.0 Å². The number of hydrogen-bond acceptors (Lipinski definition) is 5. The van der Waals surface area contributed by atoms with E-state index in [1.54, 1.807) is 33.5 Å². The van der Waals surface area contributed by atoms with Crippen LogP contribution in [0, 0.1) is 5.92 Å². The Hall–Kier alpha value is -2.17. The highest BCUT2D eigenvalue weighted by molar-refractivity contribution is 5.75. The molecule has 114 valence electrons. The van der Waals surface area contributed by atoms with Gasteiger partial charge in [0.1, 0.15) is 12.4 Å². The van der Waals surface area contributed by atoms with E-state index in [0.717, 1.165) is 18.4 Å². The van der Waals surface area contributed by atoms with Crippen molar-refractivity contribution in [3.63, 3.8) is 0 Å². The van der Waals surface area contributed by atoms with Gasteiger partial charge >= 0.3 is 5.97 Å². The molecule has 5 nitrogen and oxygen atoms in total. The van der Waals surface area contributed by atoms with Crippen molar-refractivity contribution in [3.8, 4) is 17.2 Å². The molecule has 0 aromatic heterocycles. The van der Waals surface area contributed by atoms with Crippen LogP contribution in [0.5, 0.6) is 17.2 Å². The van der Waals surface area contributed by atoms with Gasteiger partial charge in [0.15, 0.2) is 11.5 Å². The fourth-order valence-corrected chi connectivity index (χ4v) is 1.93. The third-order valence-corrected chi connectivity index (χ3v) is 3.27. The smallest absolute Gasteiger partial charge is 0.309 e. The minimum Gasteiger partial charge on any atom is -0.496 e. The summed E-state index contributed by atoms with van der Waals surface area (Å²) >= 11 is 0. The molecule has 1 aromatic rings. The number of carbonyl (C=O) groups is 1. The van der Waals surface area contributed by atoms with E-state index < -0.39 is 0 Å². The van der Waals surface area contributed by atoms with Gasteiger partial charge in [-0.25, -0.2) is 0 Å². The third-order valence-electron chi connectivity index (χ3n) is 3.27. The second-order valence-electron chi connectivity index (χ2n) is 4.76. The Bertz CT molecular complexity index is 532. The van der Waals surface area contributed by atoms with Crippen LogP contribution < -0.4 is 14.2 Å². The van der Waals surface area contributed by atoms with Gasteiger partial charge in [-0.3, -0.25) is 4.79 Å². The van der Waals surface area contributed by atoms with E-state index in [1.165, 1.54) is 0 Å². The van der Waals surface area contributed by atoms with Crippen molar-refractivity contribution in [3.05, 3.63) is 23.8 Å². The highest BCUT2D eigenvalue weighted by atomic mass is 16.5. The van der Waals surface area contributed by atoms with Gasteiger partial charge in [0, 0.05) is 11.6 Å². The summed E-state index contributed by atoms with van der Waals surface area (Å²) in [7, 11) is 4.74. The summed E-state index contributed by atoms with van der Waals surface area (Å²) in [6.07, 6.45) is 5.52. The molecule has 0 aliphatic heterocycles. The first-order valence-corrected chi connectivity index (χ1v) is 6.82. The van der Waals surface area contributed by atoms with Gasteiger partial charge in [0.25, 0.3) is 0 Å². The maximum absolute atomic E-state index is 11.4. The predicted molar refractivity (Wildman–Crippen MR) is 78.8 cm³/mol. The molecule has 0 heterocycles. The van der Waals surface area contributed by atoms with Crippen LogP contribution in [0.25, 0.3) is 6.08 Å². The highest BCUT2D eigenvalue weighted by Crippen LogP contribution is 2.35. The lowest BCUT2D eigenvalue weighted by molar-refractivity contribution is -0.143. The minimum atomic E-state index is -0.112. The van der Waals surface area contributed by atoms with Gasteiger partial charge < -0.3 is 18.9 Å². The van der Waals surface area contributed by atoms with E-state index in [-0.39, 0.29) is 18.5 Å². The van der Waals surface area contributed by atoms with Crippen LogP contribution in [0.2, 0.25) is 0 Å². The van der Waals surface area contributed by atoms with E-state index >= 15 is 0 Å². The molecule has 0 atom stereocenters. The highest BCUT2D eigenvalue weighted by Gasteiger charge is 2.30. The maximum atomic E-state index is 11.4. The number of methoxy groups -OCH3 is 3. The standard InChI is InChI=1S/C16H20O5/c1-18-13-10-15(20-3)14(19-2)9-12(13)5-4-8-21-16(17)11-6-7-11/h4-5,9-11H,6-8H2,1-3H3. The van der Waals surface area contributed by atoms with Crippen molar-refractivity contribution in [2.75, 3.05) is 27.9 Å². The van der Waals surface area contributed by atoms with Crippen LogP contribution in [-0.4, -0.2) is 33.9 Å². The summed E-state index contributed by atoms with van der Waals surface area (Å²) in [5, 5.41) is 0. The Balaban J connectivity index is 2.04. The lowest BCUT2D eigenvalue weighted by atomic mass is 10.1. The zero-order chi connectivity index (χ0) is 15.2. The molecule has 5 heteroatoms. The second-order valence-corrected chi connectivity index (χ2v) is 4.76. The first-order chi connectivity index (χ1) is 10.2. The molecule has 0 N–H and O–H groups in total. The number of carbonyl (C=O) groups excluding carboxylic acids is 1. The molecule has 1 aromatic carbocycles. The van der Waals surface area contributed by atoms with Crippen LogP contribution in [0.3, 0.4) is 0 Å². The lowest BCUT2D eigenvalue weighted by Crippen LogP contribution is -2.05. The van der Waals surface area contributed by atoms with Crippen molar-refractivity contribution in [1.82, 2.24) is 0 Å². The first kappa shape index (κ1) is 15.2.